The average Bonchev–Trinajstić information content (AvgIpc) is 2.55. The molecule has 0 radical (unpaired) electrons. The number of hydrogen-bond acceptors (Lipinski definition) is 3. The summed E-state index contributed by atoms with van der Waals surface area (Å²) in [5, 5.41) is 0. The van der Waals surface area contributed by atoms with E-state index in [0.29, 0.717) is 5.92 Å². The first-order valence-corrected chi connectivity index (χ1v) is 8.84. The summed E-state index contributed by atoms with van der Waals surface area (Å²) in [4.78, 5) is 17.0. The summed E-state index contributed by atoms with van der Waals surface area (Å²) >= 11 is 0. The number of carbonyl (C=O) groups excluding carboxylic acids is 1. The van der Waals surface area contributed by atoms with Gasteiger partial charge in [0, 0.05) is 38.3 Å². The highest BCUT2D eigenvalue weighted by atomic mass is 16.5. The second-order valence-electron chi connectivity index (χ2n) is 6.71. The summed E-state index contributed by atoms with van der Waals surface area (Å²) in [5.74, 6) is 1.66. The molecule has 1 fully saturated rings. The van der Waals surface area contributed by atoms with Gasteiger partial charge in [-0.2, -0.15) is 0 Å². The molecule has 4 nitrogen and oxygen atoms in total. The molecule has 1 heterocycles. The predicted molar refractivity (Wildman–Crippen MR) is 94.0 cm³/mol. The third-order valence-electron chi connectivity index (χ3n) is 4.15. The maximum atomic E-state index is 12.6. The molecule has 1 aromatic carbocycles. The smallest absolute Gasteiger partial charge is 0.253 e. The number of piperazine rings is 1. The Bertz CT molecular complexity index is 477. The average molecular weight is 318 g/mol. The number of carbonyl (C=O) groups is 1. The van der Waals surface area contributed by atoms with Crippen LogP contribution in [0.1, 0.15) is 44.0 Å². The predicted octanol–water partition coefficient (Wildman–Crippen LogP) is 3.28. The summed E-state index contributed by atoms with van der Waals surface area (Å²) in [6.45, 7) is 12.1. The van der Waals surface area contributed by atoms with E-state index in [1.807, 2.05) is 29.2 Å². The highest BCUT2D eigenvalue weighted by Crippen LogP contribution is 2.15. The van der Waals surface area contributed by atoms with Gasteiger partial charge in [0.1, 0.15) is 5.75 Å². The van der Waals surface area contributed by atoms with Crippen molar-refractivity contribution < 1.29 is 9.53 Å². The standard InChI is InChI=1S/C19H30N2O2/c1-4-5-14-23-18-8-6-17(7-9-18)19(22)21-12-10-20(11-13-21)15-16(2)3/h6-9,16H,4-5,10-15H2,1-3H3. The molecule has 0 aliphatic carbocycles. The molecule has 4 heteroatoms. The lowest BCUT2D eigenvalue weighted by Gasteiger charge is -2.35. The van der Waals surface area contributed by atoms with Crippen LogP contribution in [0.2, 0.25) is 0 Å². The Labute approximate surface area is 140 Å². The lowest BCUT2D eigenvalue weighted by Crippen LogP contribution is -2.49. The van der Waals surface area contributed by atoms with Crippen LogP contribution in [-0.4, -0.2) is 55.0 Å². The molecular formula is C19H30N2O2. The molecule has 1 aliphatic rings. The fourth-order valence-corrected chi connectivity index (χ4v) is 2.86. The van der Waals surface area contributed by atoms with Gasteiger partial charge in [-0.1, -0.05) is 27.2 Å². The van der Waals surface area contributed by atoms with Crippen molar-refractivity contribution in [3.8, 4) is 5.75 Å². The molecule has 1 aliphatic heterocycles. The van der Waals surface area contributed by atoms with Gasteiger partial charge in [-0.3, -0.25) is 9.69 Å². The van der Waals surface area contributed by atoms with E-state index in [1.165, 1.54) is 0 Å². The Morgan fingerprint density at radius 1 is 1.13 bits per heavy atom. The highest BCUT2D eigenvalue weighted by Gasteiger charge is 2.22. The number of hydrogen-bond donors (Lipinski definition) is 0. The SMILES string of the molecule is CCCCOc1ccc(C(=O)N2CCN(CC(C)C)CC2)cc1. The van der Waals surface area contributed by atoms with Gasteiger partial charge >= 0.3 is 0 Å². The van der Waals surface area contributed by atoms with Crippen LogP contribution in [0.5, 0.6) is 5.75 Å². The number of amides is 1. The quantitative estimate of drug-likeness (QED) is 0.723. The monoisotopic (exact) mass is 318 g/mol. The van der Waals surface area contributed by atoms with Crippen LogP contribution in [0.15, 0.2) is 24.3 Å². The molecular weight excluding hydrogens is 288 g/mol. The molecule has 2 rings (SSSR count). The second-order valence-corrected chi connectivity index (χ2v) is 6.71. The van der Waals surface area contributed by atoms with E-state index in [0.717, 1.165) is 63.5 Å². The van der Waals surface area contributed by atoms with Gasteiger partial charge in [0.15, 0.2) is 0 Å². The van der Waals surface area contributed by atoms with Crippen molar-refractivity contribution in [1.82, 2.24) is 9.80 Å². The lowest BCUT2D eigenvalue weighted by molar-refractivity contribution is 0.0624. The Balaban J connectivity index is 1.84. The summed E-state index contributed by atoms with van der Waals surface area (Å²) in [5.41, 5.74) is 0.755. The van der Waals surface area contributed by atoms with E-state index in [-0.39, 0.29) is 5.91 Å². The largest absolute Gasteiger partial charge is 0.494 e. The highest BCUT2D eigenvalue weighted by molar-refractivity contribution is 5.94. The van der Waals surface area contributed by atoms with Crippen LogP contribution in [0.3, 0.4) is 0 Å². The molecule has 0 bridgehead atoms. The van der Waals surface area contributed by atoms with Crippen molar-refractivity contribution >= 4 is 5.91 Å². The molecule has 0 atom stereocenters. The molecule has 23 heavy (non-hydrogen) atoms. The minimum Gasteiger partial charge on any atom is -0.494 e. The lowest BCUT2D eigenvalue weighted by atomic mass is 10.1. The van der Waals surface area contributed by atoms with E-state index < -0.39 is 0 Å². The van der Waals surface area contributed by atoms with Crippen LogP contribution in [0.25, 0.3) is 0 Å². The first kappa shape index (κ1) is 17.8. The van der Waals surface area contributed by atoms with Gasteiger partial charge in [0.25, 0.3) is 5.91 Å². The van der Waals surface area contributed by atoms with Crippen LogP contribution >= 0.6 is 0 Å². The molecule has 0 aromatic heterocycles. The van der Waals surface area contributed by atoms with Gasteiger partial charge in [0.2, 0.25) is 0 Å². The number of rotatable bonds is 7. The van der Waals surface area contributed by atoms with E-state index in [2.05, 4.69) is 25.7 Å². The first-order valence-electron chi connectivity index (χ1n) is 8.84. The second kappa shape index (κ2) is 8.92. The van der Waals surface area contributed by atoms with Crippen LogP contribution in [0, 0.1) is 5.92 Å². The number of ether oxygens (including phenoxy) is 1. The zero-order chi connectivity index (χ0) is 16.7. The third kappa shape index (κ3) is 5.54. The van der Waals surface area contributed by atoms with E-state index in [9.17, 15) is 4.79 Å². The molecule has 0 N–H and O–H groups in total. The van der Waals surface area contributed by atoms with Crippen LogP contribution < -0.4 is 4.74 Å². The zero-order valence-corrected chi connectivity index (χ0v) is 14.8. The van der Waals surface area contributed by atoms with Gasteiger partial charge in [0.05, 0.1) is 6.61 Å². The minimum absolute atomic E-state index is 0.134. The minimum atomic E-state index is 0.134. The fraction of sp³-hybridized carbons (Fsp3) is 0.632. The Morgan fingerprint density at radius 2 is 1.78 bits per heavy atom. The van der Waals surface area contributed by atoms with Gasteiger partial charge in [-0.05, 0) is 36.6 Å². The van der Waals surface area contributed by atoms with E-state index >= 15 is 0 Å². The van der Waals surface area contributed by atoms with Gasteiger partial charge in [-0.25, -0.2) is 0 Å². The van der Waals surface area contributed by atoms with E-state index in [4.69, 9.17) is 4.74 Å². The fourth-order valence-electron chi connectivity index (χ4n) is 2.86. The van der Waals surface area contributed by atoms with Crippen molar-refractivity contribution in [2.75, 3.05) is 39.3 Å². The summed E-state index contributed by atoms with van der Waals surface area (Å²) in [6, 6.07) is 7.56. The van der Waals surface area contributed by atoms with Crippen molar-refractivity contribution in [3.05, 3.63) is 29.8 Å². The maximum Gasteiger partial charge on any atom is 0.253 e. The molecule has 0 saturated carbocycles. The summed E-state index contributed by atoms with van der Waals surface area (Å²) in [7, 11) is 0. The summed E-state index contributed by atoms with van der Waals surface area (Å²) in [6.07, 6.45) is 2.18. The summed E-state index contributed by atoms with van der Waals surface area (Å²) < 4.78 is 5.65. The van der Waals surface area contributed by atoms with Crippen LogP contribution in [-0.2, 0) is 0 Å². The molecule has 1 saturated heterocycles. The van der Waals surface area contributed by atoms with Crippen molar-refractivity contribution in [3.63, 3.8) is 0 Å². The van der Waals surface area contributed by atoms with Crippen LogP contribution in [0.4, 0.5) is 0 Å². The molecule has 128 valence electrons. The topological polar surface area (TPSA) is 32.8 Å². The van der Waals surface area contributed by atoms with Gasteiger partial charge < -0.3 is 9.64 Å². The first-order chi connectivity index (χ1) is 11.1. The van der Waals surface area contributed by atoms with Crippen molar-refractivity contribution in [2.45, 2.75) is 33.6 Å². The Morgan fingerprint density at radius 3 is 2.35 bits per heavy atom. The molecule has 0 unspecified atom stereocenters. The number of nitrogens with zero attached hydrogens (tertiary/aromatic N) is 2. The molecule has 1 aromatic rings. The van der Waals surface area contributed by atoms with E-state index in [1.54, 1.807) is 0 Å². The Kier molecular flexibility index (Phi) is 6.90. The molecule has 1 amide bonds. The van der Waals surface area contributed by atoms with Crippen molar-refractivity contribution in [1.29, 1.82) is 0 Å². The van der Waals surface area contributed by atoms with Gasteiger partial charge in [-0.15, -0.1) is 0 Å². The third-order valence-corrected chi connectivity index (χ3v) is 4.15. The number of benzene rings is 1. The normalized spacial score (nSPS) is 15.9. The zero-order valence-electron chi connectivity index (χ0n) is 14.8. The Hall–Kier alpha value is -1.55. The maximum absolute atomic E-state index is 12.6. The van der Waals surface area contributed by atoms with Crippen molar-refractivity contribution in [2.24, 2.45) is 5.92 Å². The number of unbranched alkanes of at least 4 members (excludes halogenated alkanes) is 1. The molecule has 0 spiro atoms.